The summed E-state index contributed by atoms with van der Waals surface area (Å²) in [6.45, 7) is 1.61. The fraction of sp³-hybridized carbons (Fsp3) is 0.429. The first-order valence-electron chi connectivity index (χ1n) is 3.34. The average Bonchev–Trinajstić information content (AvgIpc) is 2.48. The van der Waals surface area contributed by atoms with Gasteiger partial charge in [-0.15, -0.1) is 0 Å². The summed E-state index contributed by atoms with van der Waals surface area (Å²) in [5.41, 5.74) is 0.335. The zero-order valence-corrected chi connectivity index (χ0v) is 6.77. The Morgan fingerprint density at radius 2 is 2.50 bits per heavy atom. The first-order chi connectivity index (χ1) is 5.66. The van der Waals surface area contributed by atoms with Gasteiger partial charge in [-0.05, 0) is 6.92 Å². The molecular weight excluding hydrogens is 162 g/mol. The molecule has 5 nitrogen and oxygen atoms in total. The molecule has 0 fully saturated rings. The molecule has 1 atom stereocenters. The minimum absolute atomic E-state index is 0.335. The van der Waals surface area contributed by atoms with Crippen LogP contribution in [-0.4, -0.2) is 23.3 Å². The van der Waals surface area contributed by atoms with Crippen LogP contribution in [0.25, 0.3) is 0 Å². The third-order valence-corrected chi connectivity index (χ3v) is 1.51. The van der Waals surface area contributed by atoms with Crippen molar-refractivity contribution in [1.29, 1.82) is 0 Å². The Kier molecular flexibility index (Phi) is 2.44. The van der Waals surface area contributed by atoms with Gasteiger partial charge >= 0.3 is 5.97 Å². The zero-order valence-electron chi connectivity index (χ0n) is 6.77. The highest BCUT2D eigenvalue weighted by atomic mass is 16.5. The molecule has 66 valence electrons. The Morgan fingerprint density at radius 3 is 2.92 bits per heavy atom. The van der Waals surface area contributed by atoms with E-state index < -0.39 is 12.1 Å². The van der Waals surface area contributed by atoms with E-state index >= 15 is 0 Å². The Hall–Kier alpha value is -1.36. The van der Waals surface area contributed by atoms with Gasteiger partial charge in [0.1, 0.15) is 5.76 Å². The third kappa shape index (κ3) is 1.45. The van der Waals surface area contributed by atoms with E-state index in [9.17, 15) is 9.90 Å². The highest BCUT2D eigenvalue weighted by molar-refractivity contribution is 5.76. The van der Waals surface area contributed by atoms with Gasteiger partial charge in [0.15, 0.2) is 6.10 Å². The molecule has 0 aromatic carbocycles. The number of carbonyl (C=O) groups is 1. The van der Waals surface area contributed by atoms with E-state index in [1.165, 1.54) is 13.3 Å². The summed E-state index contributed by atoms with van der Waals surface area (Å²) in [5, 5.41) is 12.7. The average molecular weight is 171 g/mol. The summed E-state index contributed by atoms with van der Waals surface area (Å²) >= 11 is 0. The van der Waals surface area contributed by atoms with Crippen LogP contribution in [0.5, 0.6) is 0 Å². The number of carbonyl (C=O) groups excluding carboxylic acids is 1. The topological polar surface area (TPSA) is 72.6 Å². The molecule has 1 unspecified atom stereocenters. The van der Waals surface area contributed by atoms with Crippen LogP contribution in [0.1, 0.15) is 17.4 Å². The fourth-order valence-corrected chi connectivity index (χ4v) is 0.808. The lowest BCUT2D eigenvalue weighted by molar-refractivity contribution is -0.150. The van der Waals surface area contributed by atoms with Gasteiger partial charge in [0.2, 0.25) is 0 Å². The molecular formula is C7H9NO4. The molecule has 1 rings (SSSR count). The summed E-state index contributed by atoms with van der Waals surface area (Å²) in [6.07, 6.45) is -0.0158. The van der Waals surface area contributed by atoms with Crippen LogP contribution >= 0.6 is 0 Å². The molecule has 0 amide bonds. The van der Waals surface area contributed by atoms with Crippen LogP contribution in [0, 0.1) is 6.92 Å². The Labute approximate surface area is 68.9 Å². The lowest BCUT2D eigenvalue weighted by Gasteiger charge is -2.04. The minimum Gasteiger partial charge on any atom is -0.467 e. The van der Waals surface area contributed by atoms with Crippen LogP contribution in [0.4, 0.5) is 0 Å². The van der Waals surface area contributed by atoms with Gasteiger partial charge in [0.05, 0.1) is 18.9 Å². The van der Waals surface area contributed by atoms with Crippen molar-refractivity contribution in [3.63, 3.8) is 0 Å². The van der Waals surface area contributed by atoms with Gasteiger partial charge in [-0.2, -0.15) is 0 Å². The number of hydrogen-bond donors (Lipinski definition) is 1. The number of rotatable bonds is 2. The smallest absolute Gasteiger partial charge is 0.339 e. The van der Waals surface area contributed by atoms with Crippen LogP contribution in [-0.2, 0) is 9.53 Å². The quantitative estimate of drug-likeness (QED) is 0.643. The van der Waals surface area contributed by atoms with Crippen molar-refractivity contribution >= 4 is 5.97 Å². The standard InChI is InChI=1S/C7H9NO4/c1-4-5(3-8-12-4)6(9)7(10)11-2/h3,6,9H,1-2H3. The molecule has 0 radical (unpaired) electrons. The van der Waals surface area contributed by atoms with E-state index in [0.717, 1.165) is 0 Å². The van der Waals surface area contributed by atoms with Crippen molar-refractivity contribution in [2.45, 2.75) is 13.0 Å². The second-order valence-electron chi connectivity index (χ2n) is 2.26. The number of hydrogen-bond acceptors (Lipinski definition) is 5. The molecule has 12 heavy (non-hydrogen) atoms. The fourth-order valence-electron chi connectivity index (χ4n) is 0.808. The SMILES string of the molecule is COC(=O)C(O)c1cnoc1C. The summed E-state index contributed by atoms with van der Waals surface area (Å²) in [6, 6.07) is 0. The lowest BCUT2D eigenvalue weighted by atomic mass is 10.1. The molecule has 0 saturated carbocycles. The predicted molar refractivity (Wildman–Crippen MR) is 38.2 cm³/mol. The highest BCUT2D eigenvalue weighted by Crippen LogP contribution is 2.17. The van der Waals surface area contributed by atoms with Gasteiger partial charge in [0.25, 0.3) is 0 Å². The Morgan fingerprint density at radius 1 is 1.83 bits per heavy atom. The van der Waals surface area contributed by atoms with Crippen LogP contribution < -0.4 is 0 Å². The maximum Gasteiger partial charge on any atom is 0.339 e. The molecule has 0 aliphatic rings. The van der Waals surface area contributed by atoms with Crippen LogP contribution in [0.15, 0.2) is 10.7 Å². The van der Waals surface area contributed by atoms with E-state index in [2.05, 4.69) is 14.4 Å². The molecule has 0 aliphatic carbocycles. The lowest BCUT2D eigenvalue weighted by Crippen LogP contribution is -2.13. The summed E-state index contributed by atoms with van der Waals surface area (Å²) in [5.74, 6) is -0.311. The number of ether oxygens (including phenoxy) is 1. The van der Waals surface area contributed by atoms with Gasteiger partial charge in [0, 0.05) is 0 Å². The summed E-state index contributed by atoms with van der Waals surface area (Å²) in [7, 11) is 1.20. The van der Waals surface area contributed by atoms with Gasteiger partial charge in [-0.3, -0.25) is 0 Å². The molecule has 1 aromatic heterocycles. The molecule has 0 spiro atoms. The van der Waals surface area contributed by atoms with E-state index in [0.29, 0.717) is 11.3 Å². The summed E-state index contributed by atoms with van der Waals surface area (Å²) < 4.78 is 8.99. The molecule has 1 aromatic rings. The Bertz CT molecular complexity index is 281. The summed E-state index contributed by atoms with van der Waals surface area (Å²) in [4.78, 5) is 10.8. The van der Waals surface area contributed by atoms with E-state index in [4.69, 9.17) is 0 Å². The second kappa shape index (κ2) is 3.36. The monoisotopic (exact) mass is 171 g/mol. The van der Waals surface area contributed by atoms with Gasteiger partial charge < -0.3 is 14.4 Å². The second-order valence-corrected chi connectivity index (χ2v) is 2.26. The normalized spacial score (nSPS) is 12.6. The molecule has 0 saturated heterocycles. The third-order valence-electron chi connectivity index (χ3n) is 1.51. The number of esters is 1. The highest BCUT2D eigenvalue weighted by Gasteiger charge is 2.22. The first-order valence-corrected chi connectivity index (χ1v) is 3.34. The molecule has 1 N–H and O–H groups in total. The van der Waals surface area contributed by atoms with E-state index in [1.807, 2.05) is 0 Å². The number of aliphatic hydroxyl groups excluding tert-OH is 1. The van der Waals surface area contributed by atoms with Crippen molar-refractivity contribution in [2.75, 3.05) is 7.11 Å². The predicted octanol–water partition coefficient (Wildman–Crippen LogP) is 0.189. The minimum atomic E-state index is -1.30. The first kappa shape index (κ1) is 8.73. The van der Waals surface area contributed by atoms with E-state index in [-0.39, 0.29) is 0 Å². The largest absolute Gasteiger partial charge is 0.467 e. The number of nitrogens with zero attached hydrogens (tertiary/aromatic N) is 1. The maximum absolute atomic E-state index is 10.8. The van der Waals surface area contributed by atoms with Crippen molar-refractivity contribution in [3.8, 4) is 0 Å². The van der Waals surface area contributed by atoms with E-state index in [1.54, 1.807) is 6.92 Å². The van der Waals surface area contributed by atoms with Crippen molar-refractivity contribution in [2.24, 2.45) is 0 Å². The van der Waals surface area contributed by atoms with Gasteiger partial charge in [-0.25, -0.2) is 4.79 Å². The number of aliphatic hydroxyl groups is 1. The number of aryl methyl sites for hydroxylation is 1. The van der Waals surface area contributed by atoms with Crippen LogP contribution in [0.3, 0.4) is 0 Å². The maximum atomic E-state index is 10.8. The molecule has 1 heterocycles. The zero-order chi connectivity index (χ0) is 9.14. The van der Waals surface area contributed by atoms with Crippen molar-refractivity contribution in [3.05, 3.63) is 17.5 Å². The number of aromatic nitrogens is 1. The van der Waals surface area contributed by atoms with Crippen LogP contribution in [0.2, 0.25) is 0 Å². The van der Waals surface area contributed by atoms with Crippen molar-refractivity contribution in [1.82, 2.24) is 5.16 Å². The van der Waals surface area contributed by atoms with Crippen molar-refractivity contribution < 1.29 is 19.2 Å². The molecule has 0 aliphatic heterocycles. The Balaban J connectivity index is 2.84. The molecule has 5 heteroatoms. The number of methoxy groups -OCH3 is 1. The van der Waals surface area contributed by atoms with Gasteiger partial charge in [-0.1, -0.05) is 5.16 Å². The molecule has 0 bridgehead atoms.